The van der Waals surface area contributed by atoms with Crippen LogP contribution in [0.2, 0.25) is 0 Å². The van der Waals surface area contributed by atoms with E-state index in [2.05, 4.69) is 0 Å². The van der Waals surface area contributed by atoms with Crippen LogP contribution in [-0.2, 0) is 32.7 Å². The molecular formula is C29H37N3O4. The van der Waals surface area contributed by atoms with Crippen LogP contribution < -0.4 is 0 Å². The van der Waals surface area contributed by atoms with Crippen LogP contribution >= 0.6 is 0 Å². The van der Waals surface area contributed by atoms with Gasteiger partial charge in [0, 0.05) is 52.9 Å². The number of rotatable bonds is 14. The van der Waals surface area contributed by atoms with E-state index < -0.39 is 5.92 Å². The molecule has 1 heterocycles. The van der Waals surface area contributed by atoms with Crippen molar-refractivity contribution in [2.75, 3.05) is 47.1 Å². The number of amides is 2. The summed E-state index contributed by atoms with van der Waals surface area (Å²) in [5.74, 6) is -0.704. The fourth-order valence-corrected chi connectivity index (χ4v) is 4.23. The molecule has 0 aliphatic carbocycles. The van der Waals surface area contributed by atoms with Gasteiger partial charge in [-0.25, -0.2) is 0 Å². The Bertz CT molecular complexity index is 1030. The van der Waals surface area contributed by atoms with Gasteiger partial charge in [0.1, 0.15) is 0 Å². The van der Waals surface area contributed by atoms with E-state index in [0.29, 0.717) is 39.3 Å². The predicted molar refractivity (Wildman–Crippen MR) is 141 cm³/mol. The highest BCUT2D eigenvalue weighted by molar-refractivity contribution is 5.91. The lowest BCUT2D eigenvalue weighted by molar-refractivity contribution is -0.141. The maximum Gasteiger partial charge on any atom is 0.242 e. The van der Waals surface area contributed by atoms with Gasteiger partial charge in [-0.2, -0.15) is 0 Å². The van der Waals surface area contributed by atoms with E-state index in [4.69, 9.17) is 9.47 Å². The Morgan fingerprint density at radius 1 is 0.806 bits per heavy atom. The Morgan fingerprint density at radius 3 is 1.94 bits per heavy atom. The van der Waals surface area contributed by atoms with Crippen molar-refractivity contribution < 1.29 is 19.1 Å². The molecule has 0 fully saturated rings. The number of hydrogen-bond acceptors (Lipinski definition) is 4. The average molecular weight is 492 g/mol. The van der Waals surface area contributed by atoms with Crippen molar-refractivity contribution in [2.24, 2.45) is 7.05 Å². The molecule has 2 amide bonds. The smallest absolute Gasteiger partial charge is 0.242 e. The van der Waals surface area contributed by atoms with Gasteiger partial charge in [0.05, 0.1) is 25.6 Å². The topological polar surface area (TPSA) is 64.0 Å². The SMILES string of the molecule is COCCCN(CC(=O)N(CCOC)Cc1cccn1C)C(=O)C(c1ccccc1)c1ccccc1. The lowest BCUT2D eigenvalue weighted by atomic mass is 9.90. The number of methoxy groups -OCH3 is 2. The molecule has 7 heteroatoms. The second kappa shape index (κ2) is 14.2. The summed E-state index contributed by atoms with van der Waals surface area (Å²) < 4.78 is 12.5. The quantitative estimate of drug-likeness (QED) is 0.323. The monoisotopic (exact) mass is 491 g/mol. The van der Waals surface area contributed by atoms with Gasteiger partial charge >= 0.3 is 0 Å². The van der Waals surface area contributed by atoms with Crippen molar-refractivity contribution in [3.05, 3.63) is 95.8 Å². The first-order valence-corrected chi connectivity index (χ1v) is 12.3. The van der Waals surface area contributed by atoms with Crippen LogP contribution in [0.4, 0.5) is 0 Å². The van der Waals surface area contributed by atoms with Crippen LogP contribution in [0.25, 0.3) is 0 Å². The zero-order valence-electron chi connectivity index (χ0n) is 21.5. The molecule has 0 N–H and O–H groups in total. The Hall–Kier alpha value is -3.42. The van der Waals surface area contributed by atoms with Crippen molar-refractivity contribution in [2.45, 2.75) is 18.9 Å². The summed E-state index contributed by atoms with van der Waals surface area (Å²) in [6.45, 7) is 2.25. The summed E-state index contributed by atoms with van der Waals surface area (Å²) in [6, 6.07) is 23.4. The number of carbonyl (C=O) groups excluding carboxylic acids is 2. The fraction of sp³-hybridized carbons (Fsp3) is 0.379. The fourth-order valence-electron chi connectivity index (χ4n) is 4.23. The average Bonchev–Trinajstić information content (AvgIpc) is 3.31. The second-order valence-corrected chi connectivity index (χ2v) is 8.78. The predicted octanol–water partition coefficient (Wildman–Crippen LogP) is 3.70. The number of nitrogens with zero attached hydrogens (tertiary/aromatic N) is 3. The van der Waals surface area contributed by atoms with E-state index in [0.717, 1.165) is 16.8 Å². The molecule has 2 aromatic carbocycles. The molecular weight excluding hydrogens is 454 g/mol. The molecule has 0 saturated heterocycles. The standard InChI is InChI=1S/C29H37N3O4/c1-30-17-10-16-26(30)22-31(19-21-36-3)27(33)23-32(18-11-20-35-2)29(34)28(24-12-6-4-7-13-24)25-14-8-5-9-15-25/h4-10,12-17,28H,11,18-23H2,1-3H3. The van der Waals surface area contributed by atoms with E-state index >= 15 is 0 Å². The van der Waals surface area contributed by atoms with Crippen molar-refractivity contribution in [3.63, 3.8) is 0 Å². The van der Waals surface area contributed by atoms with Crippen LogP contribution in [-0.4, -0.2) is 73.2 Å². The third-order valence-corrected chi connectivity index (χ3v) is 6.25. The maximum absolute atomic E-state index is 14.1. The van der Waals surface area contributed by atoms with E-state index in [-0.39, 0.29) is 18.4 Å². The third-order valence-electron chi connectivity index (χ3n) is 6.25. The molecule has 7 nitrogen and oxygen atoms in total. The van der Waals surface area contributed by atoms with Crippen LogP contribution in [0.1, 0.15) is 29.2 Å². The molecule has 3 rings (SSSR count). The first kappa shape index (κ1) is 27.2. The Kier molecular flexibility index (Phi) is 10.7. The zero-order chi connectivity index (χ0) is 25.8. The van der Waals surface area contributed by atoms with Crippen LogP contribution in [0.5, 0.6) is 0 Å². The van der Waals surface area contributed by atoms with Gasteiger partial charge in [-0.15, -0.1) is 0 Å². The first-order valence-electron chi connectivity index (χ1n) is 12.3. The molecule has 36 heavy (non-hydrogen) atoms. The lowest BCUT2D eigenvalue weighted by Crippen LogP contribution is -2.46. The molecule has 0 aliphatic rings. The van der Waals surface area contributed by atoms with Crippen molar-refractivity contribution in [1.29, 1.82) is 0 Å². The van der Waals surface area contributed by atoms with E-state index in [1.807, 2.05) is 90.6 Å². The number of aryl methyl sites for hydroxylation is 1. The molecule has 0 saturated carbocycles. The summed E-state index contributed by atoms with van der Waals surface area (Å²) in [4.78, 5) is 31.1. The van der Waals surface area contributed by atoms with Gasteiger partial charge in [0.25, 0.3) is 0 Å². The van der Waals surface area contributed by atoms with Gasteiger partial charge in [0.2, 0.25) is 11.8 Å². The number of ether oxygens (including phenoxy) is 2. The normalized spacial score (nSPS) is 11.0. The molecule has 1 aromatic heterocycles. The van der Waals surface area contributed by atoms with Crippen LogP contribution in [0.3, 0.4) is 0 Å². The summed E-state index contributed by atoms with van der Waals surface area (Å²) in [6.07, 6.45) is 2.60. The summed E-state index contributed by atoms with van der Waals surface area (Å²) >= 11 is 0. The number of benzene rings is 2. The molecule has 0 atom stereocenters. The molecule has 0 radical (unpaired) electrons. The highest BCUT2D eigenvalue weighted by Crippen LogP contribution is 2.27. The second-order valence-electron chi connectivity index (χ2n) is 8.78. The van der Waals surface area contributed by atoms with Crippen molar-refractivity contribution in [1.82, 2.24) is 14.4 Å². The molecule has 0 unspecified atom stereocenters. The highest BCUT2D eigenvalue weighted by atomic mass is 16.5. The highest BCUT2D eigenvalue weighted by Gasteiger charge is 2.30. The van der Waals surface area contributed by atoms with Gasteiger partial charge < -0.3 is 23.8 Å². The summed E-state index contributed by atoms with van der Waals surface area (Å²) in [7, 11) is 5.22. The van der Waals surface area contributed by atoms with Gasteiger partial charge in [-0.1, -0.05) is 60.7 Å². The molecule has 192 valence electrons. The Balaban J connectivity index is 1.87. The Morgan fingerprint density at radius 2 is 1.42 bits per heavy atom. The third kappa shape index (κ3) is 7.54. The summed E-state index contributed by atoms with van der Waals surface area (Å²) in [5, 5.41) is 0. The molecule has 0 bridgehead atoms. The number of aromatic nitrogens is 1. The maximum atomic E-state index is 14.1. The minimum absolute atomic E-state index is 0.00709. The van der Waals surface area contributed by atoms with Gasteiger partial charge in [-0.3, -0.25) is 9.59 Å². The van der Waals surface area contributed by atoms with E-state index in [1.165, 1.54) is 0 Å². The van der Waals surface area contributed by atoms with Gasteiger partial charge in [0.15, 0.2) is 0 Å². The minimum atomic E-state index is -0.497. The summed E-state index contributed by atoms with van der Waals surface area (Å²) in [5.41, 5.74) is 2.82. The first-order chi connectivity index (χ1) is 17.5. The van der Waals surface area contributed by atoms with Crippen LogP contribution in [0, 0.1) is 0 Å². The van der Waals surface area contributed by atoms with Crippen molar-refractivity contribution >= 4 is 11.8 Å². The molecule has 0 aliphatic heterocycles. The minimum Gasteiger partial charge on any atom is -0.385 e. The lowest BCUT2D eigenvalue weighted by Gasteiger charge is -2.30. The Labute approximate surface area is 214 Å². The number of carbonyl (C=O) groups is 2. The molecule has 3 aromatic rings. The largest absolute Gasteiger partial charge is 0.385 e. The van der Waals surface area contributed by atoms with Crippen LogP contribution in [0.15, 0.2) is 79.0 Å². The zero-order valence-corrected chi connectivity index (χ0v) is 21.5. The number of hydrogen-bond donors (Lipinski definition) is 0. The van der Waals surface area contributed by atoms with Gasteiger partial charge in [-0.05, 0) is 29.7 Å². The van der Waals surface area contributed by atoms with Crippen molar-refractivity contribution in [3.8, 4) is 0 Å². The van der Waals surface area contributed by atoms with E-state index in [1.54, 1.807) is 24.0 Å². The molecule has 0 spiro atoms. The van der Waals surface area contributed by atoms with E-state index in [9.17, 15) is 9.59 Å².